The van der Waals surface area contributed by atoms with E-state index in [0.29, 0.717) is 39.7 Å². The van der Waals surface area contributed by atoms with E-state index in [1.807, 2.05) is 54.6 Å². The zero-order chi connectivity index (χ0) is 19.2. The molecule has 1 N–H and O–H groups in total. The van der Waals surface area contributed by atoms with Crippen LogP contribution in [0, 0.1) is 0 Å². The second-order valence-corrected chi connectivity index (χ2v) is 7.12. The molecule has 0 amide bonds. The molecule has 27 heavy (non-hydrogen) atoms. The van der Waals surface area contributed by atoms with Gasteiger partial charge in [-0.25, -0.2) is 0 Å². The number of benzene rings is 3. The highest BCUT2D eigenvalue weighted by Crippen LogP contribution is 2.33. The molecular weight excluding hydrogens is 405 g/mol. The minimum absolute atomic E-state index is 0.343. The van der Waals surface area contributed by atoms with Crippen molar-refractivity contribution in [3.8, 4) is 11.5 Å². The third-order valence-electron chi connectivity index (χ3n) is 3.96. The summed E-state index contributed by atoms with van der Waals surface area (Å²) in [4.78, 5) is 0. The standard InChI is InChI=1S/C21H18Cl3NO2/c1-26-20-8-4-6-14(12-25-18-10-16(22)9-17(23)11-18)21(20)27-13-15-5-2-3-7-19(15)24/h2-11,25H,12-13H2,1H3. The summed E-state index contributed by atoms with van der Waals surface area (Å²) in [5.74, 6) is 1.33. The molecule has 0 saturated heterocycles. The van der Waals surface area contributed by atoms with Crippen LogP contribution in [-0.2, 0) is 13.2 Å². The van der Waals surface area contributed by atoms with Gasteiger partial charge < -0.3 is 14.8 Å². The molecule has 3 aromatic carbocycles. The number of nitrogens with one attached hydrogen (secondary N) is 1. The molecule has 0 aliphatic carbocycles. The Labute approximate surface area is 173 Å². The van der Waals surface area contributed by atoms with Gasteiger partial charge in [0, 0.05) is 38.4 Å². The van der Waals surface area contributed by atoms with Crippen molar-refractivity contribution in [2.24, 2.45) is 0 Å². The van der Waals surface area contributed by atoms with E-state index in [9.17, 15) is 0 Å². The fourth-order valence-corrected chi connectivity index (χ4v) is 3.36. The summed E-state index contributed by atoms with van der Waals surface area (Å²) in [6.07, 6.45) is 0. The van der Waals surface area contributed by atoms with E-state index in [0.717, 1.165) is 16.8 Å². The van der Waals surface area contributed by atoms with Gasteiger partial charge in [-0.1, -0.05) is 65.1 Å². The summed E-state index contributed by atoms with van der Waals surface area (Å²) in [6, 6.07) is 18.7. The van der Waals surface area contributed by atoms with Gasteiger partial charge in [-0.15, -0.1) is 0 Å². The van der Waals surface area contributed by atoms with Crippen LogP contribution in [-0.4, -0.2) is 7.11 Å². The number of hydrogen-bond acceptors (Lipinski definition) is 3. The first kappa shape index (κ1) is 19.7. The van der Waals surface area contributed by atoms with Crippen molar-refractivity contribution in [3.63, 3.8) is 0 Å². The molecule has 0 unspecified atom stereocenters. The summed E-state index contributed by atoms with van der Waals surface area (Å²) in [6.45, 7) is 0.863. The van der Waals surface area contributed by atoms with Crippen LogP contribution in [0.5, 0.6) is 11.5 Å². The largest absolute Gasteiger partial charge is 0.493 e. The van der Waals surface area contributed by atoms with Crippen molar-refractivity contribution >= 4 is 40.5 Å². The van der Waals surface area contributed by atoms with Crippen LogP contribution in [0.4, 0.5) is 5.69 Å². The molecule has 0 bridgehead atoms. The van der Waals surface area contributed by atoms with E-state index >= 15 is 0 Å². The fraction of sp³-hybridized carbons (Fsp3) is 0.143. The molecule has 0 spiro atoms. The topological polar surface area (TPSA) is 30.5 Å². The predicted octanol–water partition coefficient (Wildman–Crippen LogP) is 6.85. The van der Waals surface area contributed by atoms with Crippen LogP contribution in [0.3, 0.4) is 0 Å². The summed E-state index contributed by atoms with van der Waals surface area (Å²) in [5, 5.41) is 5.13. The predicted molar refractivity (Wildman–Crippen MR) is 113 cm³/mol. The molecule has 0 atom stereocenters. The first-order chi connectivity index (χ1) is 13.1. The Bertz CT molecular complexity index is 911. The van der Waals surface area contributed by atoms with Gasteiger partial charge in [0.05, 0.1) is 7.11 Å². The lowest BCUT2D eigenvalue weighted by atomic mass is 10.1. The molecule has 140 valence electrons. The Morgan fingerprint density at radius 2 is 1.56 bits per heavy atom. The highest BCUT2D eigenvalue weighted by Gasteiger charge is 2.12. The zero-order valence-electron chi connectivity index (χ0n) is 14.6. The number of ether oxygens (including phenoxy) is 2. The Morgan fingerprint density at radius 3 is 2.26 bits per heavy atom. The lowest BCUT2D eigenvalue weighted by Gasteiger charge is -2.16. The maximum atomic E-state index is 6.23. The van der Waals surface area contributed by atoms with Crippen LogP contribution in [0.2, 0.25) is 15.1 Å². The van der Waals surface area contributed by atoms with Gasteiger partial charge in [0.25, 0.3) is 0 Å². The molecule has 0 fully saturated rings. The fourth-order valence-electron chi connectivity index (χ4n) is 2.64. The first-order valence-corrected chi connectivity index (χ1v) is 9.42. The van der Waals surface area contributed by atoms with E-state index in [1.165, 1.54) is 0 Å². The third kappa shape index (κ3) is 5.23. The van der Waals surface area contributed by atoms with Crippen LogP contribution in [0.25, 0.3) is 0 Å². The van der Waals surface area contributed by atoms with Crippen molar-refractivity contribution in [2.75, 3.05) is 12.4 Å². The molecule has 0 heterocycles. The Morgan fingerprint density at radius 1 is 0.852 bits per heavy atom. The number of para-hydroxylation sites is 1. The molecule has 3 nitrogen and oxygen atoms in total. The van der Waals surface area contributed by atoms with Crippen molar-refractivity contribution in [1.82, 2.24) is 0 Å². The van der Waals surface area contributed by atoms with E-state index < -0.39 is 0 Å². The zero-order valence-corrected chi connectivity index (χ0v) is 16.9. The lowest BCUT2D eigenvalue weighted by molar-refractivity contribution is 0.282. The highest BCUT2D eigenvalue weighted by molar-refractivity contribution is 6.35. The second kappa shape index (κ2) is 9.23. The summed E-state index contributed by atoms with van der Waals surface area (Å²) < 4.78 is 11.5. The summed E-state index contributed by atoms with van der Waals surface area (Å²) in [5.41, 5.74) is 2.68. The van der Waals surface area contributed by atoms with Gasteiger partial charge >= 0.3 is 0 Å². The normalized spacial score (nSPS) is 10.5. The summed E-state index contributed by atoms with van der Waals surface area (Å²) in [7, 11) is 1.62. The maximum absolute atomic E-state index is 6.23. The molecule has 6 heteroatoms. The van der Waals surface area contributed by atoms with Crippen LogP contribution in [0.15, 0.2) is 60.7 Å². The average Bonchev–Trinajstić information content (AvgIpc) is 2.65. The quantitative estimate of drug-likeness (QED) is 0.452. The SMILES string of the molecule is COc1cccc(CNc2cc(Cl)cc(Cl)c2)c1OCc1ccccc1Cl. The first-order valence-electron chi connectivity index (χ1n) is 8.29. The van der Waals surface area contributed by atoms with Crippen molar-refractivity contribution in [2.45, 2.75) is 13.2 Å². The molecule has 0 aromatic heterocycles. The van der Waals surface area contributed by atoms with Gasteiger partial charge in [0.15, 0.2) is 11.5 Å². The van der Waals surface area contributed by atoms with E-state index in [4.69, 9.17) is 44.3 Å². The number of anilines is 1. The Kier molecular flexibility index (Phi) is 6.73. The Balaban J connectivity index is 1.79. The Hall–Kier alpha value is -2.07. The molecule has 0 radical (unpaired) electrons. The van der Waals surface area contributed by atoms with Gasteiger partial charge in [-0.2, -0.15) is 0 Å². The van der Waals surface area contributed by atoms with E-state index in [1.54, 1.807) is 13.2 Å². The lowest BCUT2D eigenvalue weighted by Crippen LogP contribution is -2.05. The minimum Gasteiger partial charge on any atom is -0.493 e. The van der Waals surface area contributed by atoms with Crippen LogP contribution < -0.4 is 14.8 Å². The van der Waals surface area contributed by atoms with E-state index in [2.05, 4.69) is 5.32 Å². The van der Waals surface area contributed by atoms with Crippen molar-refractivity contribution in [1.29, 1.82) is 0 Å². The van der Waals surface area contributed by atoms with Gasteiger partial charge in [0.1, 0.15) is 6.61 Å². The number of hydrogen-bond donors (Lipinski definition) is 1. The molecule has 0 saturated carbocycles. The maximum Gasteiger partial charge on any atom is 0.166 e. The van der Waals surface area contributed by atoms with Gasteiger partial charge in [0.2, 0.25) is 0 Å². The van der Waals surface area contributed by atoms with Crippen LogP contribution >= 0.6 is 34.8 Å². The molecule has 0 aliphatic heterocycles. The number of halogens is 3. The van der Waals surface area contributed by atoms with Gasteiger partial charge in [-0.3, -0.25) is 0 Å². The van der Waals surface area contributed by atoms with Crippen LogP contribution in [0.1, 0.15) is 11.1 Å². The van der Waals surface area contributed by atoms with Crippen molar-refractivity contribution in [3.05, 3.63) is 86.9 Å². The van der Waals surface area contributed by atoms with Gasteiger partial charge in [-0.05, 0) is 30.3 Å². The smallest absolute Gasteiger partial charge is 0.166 e. The minimum atomic E-state index is 0.343. The second-order valence-electron chi connectivity index (χ2n) is 5.84. The molecule has 0 aliphatic rings. The number of rotatable bonds is 7. The monoisotopic (exact) mass is 421 g/mol. The van der Waals surface area contributed by atoms with Crippen molar-refractivity contribution < 1.29 is 9.47 Å². The summed E-state index contributed by atoms with van der Waals surface area (Å²) >= 11 is 18.3. The third-order valence-corrected chi connectivity index (χ3v) is 4.76. The number of methoxy groups -OCH3 is 1. The molecule has 3 rings (SSSR count). The average molecular weight is 423 g/mol. The van der Waals surface area contributed by atoms with E-state index in [-0.39, 0.29) is 0 Å². The molecule has 3 aromatic rings. The highest BCUT2D eigenvalue weighted by atomic mass is 35.5. The molecular formula is C21H18Cl3NO2.